The van der Waals surface area contributed by atoms with Gasteiger partial charge in [0.05, 0.1) is 0 Å². The second-order valence-electron chi connectivity index (χ2n) is 15.3. The zero-order valence-corrected chi connectivity index (χ0v) is 30.8. The molecule has 1 aromatic carbocycles. The van der Waals surface area contributed by atoms with Crippen LogP contribution in [-0.4, -0.2) is 32.3 Å². The van der Waals surface area contributed by atoms with Gasteiger partial charge in [0.1, 0.15) is 0 Å². The van der Waals surface area contributed by atoms with Crippen molar-refractivity contribution in [1.82, 2.24) is 0 Å². The molecular formula is C28H54ScSi4-2. The summed E-state index contributed by atoms with van der Waals surface area (Å²) in [6.07, 6.45) is 4.09. The molecule has 0 heterocycles. The monoisotopic (exact) mass is 547 g/mol. The van der Waals surface area contributed by atoms with Crippen molar-refractivity contribution in [3.8, 4) is 0 Å². The molecule has 1 aliphatic rings. The number of hydrogen-bond acceptors (Lipinski definition) is 0. The minimum absolute atomic E-state index is 0. The van der Waals surface area contributed by atoms with E-state index in [0.717, 1.165) is 0 Å². The van der Waals surface area contributed by atoms with Crippen LogP contribution in [0.15, 0.2) is 24.3 Å². The molecule has 0 aliphatic heterocycles. The van der Waals surface area contributed by atoms with E-state index in [2.05, 4.69) is 143 Å². The molecule has 0 fully saturated rings. The largest absolute Gasteiger partial charge is 0.327 e. The van der Waals surface area contributed by atoms with Crippen LogP contribution < -0.4 is 0 Å². The Morgan fingerprint density at radius 3 is 1.45 bits per heavy atom. The molecule has 33 heavy (non-hydrogen) atoms. The molecule has 0 bridgehead atoms. The van der Waals surface area contributed by atoms with Crippen LogP contribution in [0.25, 0.3) is 5.20 Å². The Morgan fingerprint density at radius 1 is 0.697 bits per heavy atom. The molecule has 0 nitrogen and oxygen atoms in total. The van der Waals surface area contributed by atoms with Crippen LogP contribution in [-0.2, 0) is 25.8 Å². The van der Waals surface area contributed by atoms with E-state index < -0.39 is 32.3 Å². The minimum atomic E-state index is -1.58. The normalized spacial score (nSPS) is 17.5. The number of allylic oxidation sites excluding steroid dienone is 1. The molecule has 0 amide bonds. The summed E-state index contributed by atoms with van der Waals surface area (Å²) in [5.74, 6) is 0. The Morgan fingerprint density at radius 2 is 1.12 bits per heavy atom. The number of fused-ring (bicyclic) bond motifs is 1. The average Bonchev–Trinajstić information content (AvgIpc) is 2.90. The summed E-state index contributed by atoms with van der Waals surface area (Å²) in [5, 5.41) is 2.31. The number of rotatable bonds is 4. The van der Waals surface area contributed by atoms with E-state index >= 15 is 0 Å². The molecule has 1 radical (unpaired) electrons. The fraction of sp³-hybridized carbons (Fsp3) is 0.679. The molecule has 1 unspecified atom stereocenters. The van der Waals surface area contributed by atoms with Gasteiger partial charge in [0.15, 0.2) is 0 Å². The van der Waals surface area contributed by atoms with E-state index in [1.165, 1.54) is 5.56 Å². The van der Waals surface area contributed by atoms with Crippen LogP contribution in [0.5, 0.6) is 0 Å². The van der Waals surface area contributed by atoms with Crippen molar-refractivity contribution >= 4 is 37.5 Å². The van der Waals surface area contributed by atoms with Gasteiger partial charge < -0.3 is 5.67 Å². The Hall–Kier alpha value is 0.698. The summed E-state index contributed by atoms with van der Waals surface area (Å²) in [7, 11) is -4.80. The molecular weight excluding hydrogens is 494 g/mol. The predicted molar refractivity (Wildman–Crippen MR) is 161 cm³/mol. The Balaban J connectivity index is 0.000000875. The van der Waals surface area contributed by atoms with Crippen molar-refractivity contribution in [2.24, 2.45) is 0 Å². The average molecular weight is 548 g/mol. The van der Waals surface area contributed by atoms with E-state index in [4.69, 9.17) is 0 Å². The van der Waals surface area contributed by atoms with Gasteiger partial charge in [0.2, 0.25) is 0 Å². The van der Waals surface area contributed by atoms with Gasteiger partial charge in [-0.2, -0.15) is 5.56 Å². The van der Waals surface area contributed by atoms with E-state index in [1.54, 1.807) is 10.8 Å². The van der Waals surface area contributed by atoms with Crippen molar-refractivity contribution in [3.05, 3.63) is 47.1 Å². The van der Waals surface area contributed by atoms with E-state index in [9.17, 15) is 0 Å². The number of hydrogen-bond donors (Lipinski definition) is 0. The summed E-state index contributed by atoms with van der Waals surface area (Å²) in [4.78, 5) is 0. The quantitative estimate of drug-likeness (QED) is 0.260. The molecule has 1 atom stereocenters. The van der Waals surface area contributed by atoms with Crippen LogP contribution in [0.2, 0.25) is 75.5 Å². The summed E-state index contributed by atoms with van der Waals surface area (Å²) < 4.78 is 0. The van der Waals surface area contributed by atoms with Crippen LogP contribution in [0.1, 0.15) is 58.2 Å². The van der Waals surface area contributed by atoms with Gasteiger partial charge >= 0.3 is 0 Å². The molecule has 1 aliphatic carbocycles. The molecule has 5 heteroatoms. The fourth-order valence-corrected chi connectivity index (χ4v) is 19.6. The Bertz CT molecular complexity index is 798. The van der Waals surface area contributed by atoms with Crippen LogP contribution in [0.4, 0.5) is 0 Å². The van der Waals surface area contributed by atoms with Crippen molar-refractivity contribution in [2.75, 3.05) is 0 Å². The SMILES string of the molecule is CC(C)(C)[Si](C)(C)C1=[C-]C([Si](C)(C)C(C)(C)C)c2ccccc21.C[Si](C)(C)[CH-][Si](C)(C)C.[Sc]. The van der Waals surface area contributed by atoms with Crippen LogP contribution in [0, 0.1) is 11.7 Å². The fourth-order valence-electron chi connectivity index (χ4n) is 4.47. The molecule has 0 N–H and O–H groups in total. The minimum Gasteiger partial charge on any atom is -0.327 e. The molecule has 1 aromatic rings. The summed E-state index contributed by atoms with van der Waals surface area (Å²) >= 11 is 0. The zero-order chi connectivity index (χ0) is 25.6. The third kappa shape index (κ3) is 8.65. The van der Waals surface area contributed by atoms with Gasteiger partial charge in [-0.15, -0.1) is 27.8 Å². The van der Waals surface area contributed by atoms with Gasteiger partial charge in [-0.25, -0.2) is 5.20 Å². The standard InChI is InChI=1S/C21H35Si2.C7H19Si2.Sc/c1-20(2,3)22(7,8)18-15-19(23(9,10)21(4,5)6)17-14-12-11-13-16(17)18;1-8(2,3)7-9(4,5)6;/h11-14,18H,1-10H3;7H,1-6H3;/q2*-1;. The van der Waals surface area contributed by atoms with E-state index in [1.807, 2.05) is 0 Å². The first-order valence-corrected chi connectivity index (χ1v) is 25.8. The van der Waals surface area contributed by atoms with E-state index in [-0.39, 0.29) is 25.8 Å². The van der Waals surface area contributed by atoms with Crippen LogP contribution in [0.3, 0.4) is 0 Å². The smallest absolute Gasteiger partial charge is 0.0484 e. The van der Waals surface area contributed by atoms with Gasteiger partial charge in [-0.05, 0) is 10.1 Å². The van der Waals surface area contributed by atoms with E-state index in [0.29, 0.717) is 15.6 Å². The van der Waals surface area contributed by atoms with Crippen molar-refractivity contribution < 1.29 is 25.8 Å². The summed E-state index contributed by atoms with van der Waals surface area (Å²) in [5.41, 5.74) is 6.25. The predicted octanol–water partition coefficient (Wildman–Crippen LogP) is 10.0. The first kappa shape index (κ1) is 33.7. The molecule has 0 saturated heterocycles. The zero-order valence-electron chi connectivity index (χ0n) is 25.0. The van der Waals surface area contributed by atoms with Crippen LogP contribution >= 0.6 is 0 Å². The van der Waals surface area contributed by atoms with Gasteiger partial charge in [0, 0.05) is 42.0 Å². The summed E-state index contributed by atoms with van der Waals surface area (Å²) in [6, 6.07) is 9.15. The van der Waals surface area contributed by atoms with Crippen molar-refractivity contribution in [1.29, 1.82) is 0 Å². The van der Waals surface area contributed by atoms with Gasteiger partial charge in [-0.3, -0.25) is 6.08 Å². The van der Waals surface area contributed by atoms with Gasteiger partial charge in [-0.1, -0.05) is 131 Å². The molecule has 0 spiro atoms. The first-order valence-electron chi connectivity index (χ1n) is 12.5. The maximum absolute atomic E-state index is 4.09. The van der Waals surface area contributed by atoms with Gasteiger partial charge in [0.25, 0.3) is 0 Å². The van der Waals surface area contributed by atoms with Crippen molar-refractivity contribution in [2.45, 2.75) is 123 Å². The summed E-state index contributed by atoms with van der Waals surface area (Å²) in [6.45, 7) is 39.1. The third-order valence-corrected chi connectivity index (χ3v) is 26.0. The van der Waals surface area contributed by atoms with Crippen molar-refractivity contribution in [3.63, 3.8) is 0 Å². The molecule has 0 saturated carbocycles. The molecule has 2 rings (SSSR count). The topological polar surface area (TPSA) is 0 Å². The second kappa shape index (κ2) is 11.0. The molecule has 187 valence electrons. The maximum Gasteiger partial charge on any atom is 0.0484 e. The number of benzene rings is 1. The molecule has 0 aromatic heterocycles. The second-order valence-corrected chi connectivity index (χ2v) is 36.7. The Labute approximate surface area is 231 Å². The maximum atomic E-state index is 4.09. The third-order valence-electron chi connectivity index (χ3n) is 7.85. The Kier molecular flexibility index (Phi) is 11.2. The first-order chi connectivity index (χ1) is 13.9.